The number of carbonyl (C=O) groups excluding carboxylic acids is 2. The van der Waals surface area contributed by atoms with Gasteiger partial charge in [0.15, 0.2) is 9.84 Å². The van der Waals surface area contributed by atoms with Gasteiger partial charge >= 0.3 is 0 Å². The lowest BCUT2D eigenvalue weighted by molar-refractivity contribution is 0.0646. The molecule has 0 radical (unpaired) electrons. The number of hydrogen-bond donors (Lipinski definition) is 0. The minimum atomic E-state index is -3.29. The molecule has 0 saturated carbocycles. The normalized spacial score (nSPS) is 13.9. The van der Waals surface area contributed by atoms with E-state index in [0.717, 1.165) is 6.26 Å². The molecule has 130 valence electrons. The topological polar surface area (TPSA) is 80.8 Å². The summed E-state index contributed by atoms with van der Waals surface area (Å²) < 4.78 is 28.6. The number of fused-ring (bicyclic) bond motifs is 1. The van der Waals surface area contributed by atoms with Crippen LogP contribution in [0.25, 0.3) is 0 Å². The summed E-state index contributed by atoms with van der Waals surface area (Å²) in [6, 6.07) is 13.0. The van der Waals surface area contributed by atoms with Crippen LogP contribution in [0.2, 0.25) is 0 Å². The van der Waals surface area contributed by atoms with Gasteiger partial charge in [0.05, 0.1) is 22.6 Å². The number of imide groups is 1. The van der Waals surface area contributed by atoms with Crippen LogP contribution in [0, 0.1) is 0 Å². The first-order valence-corrected chi connectivity index (χ1v) is 9.65. The number of carbonyl (C=O) groups is 2. The molecular formula is C18H17NO5S. The summed E-state index contributed by atoms with van der Waals surface area (Å²) in [4.78, 5) is 25.8. The van der Waals surface area contributed by atoms with Crippen molar-refractivity contribution in [2.75, 3.05) is 19.4 Å². The molecule has 3 rings (SSSR count). The van der Waals surface area contributed by atoms with E-state index in [-0.39, 0.29) is 29.9 Å². The van der Waals surface area contributed by atoms with E-state index in [1.54, 1.807) is 36.4 Å². The van der Waals surface area contributed by atoms with Crippen molar-refractivity contribution in [2.45, 2.75) is 11.3 Å². The summed E-state index contributed by atoms with van der Waals surface area (Å²) in [7, 11) is -3.29. The second-order valence-electron chi connectivity index (χ2n) is 5.76. The van der Waals surface area contributed by atoms with Gasteiger partial charge in [-0.25, -0.2) is 8.42 Å². The van der Waals surface area contributed by atoms with Crippen LogP contribution in [-0.4, -0.2) is 44.5 Å². The zero-order valence-corrected chi connectivity index (χ0v) is 14.5. The molecule has 0 saturated heterocycles. The molecule has 0 atom stereocenters. The van der Waals surface area contributed by atoms with Crippen LogP contribution >= 0.6 is 0 Å². The third kappa shape index (κ3) is 3.56. The summed E-state index contributed by atoms with van der Waals surface area (Å²) in [6.45, 7) is 0.513. The van der Waals surface area contributed by atoms with E-state index in [9.17, 15) is 18.0 Å². The zero-order chi connectivity index (χ0) is 18.0. The first-order chi connectivity index (χ1) is 11.9. The average Bonchev–Trinajstić information content (AvgIpc) is 2.83. The predicted molar refractivity (Wildman–Crippen MR) is 91.5 cm³/mol. The van der Waals surface area contributed by atoms with Crippen molar-refractivity contribution in [3.63, 3.8) is 0 Å². The highest BCUT2D eigenvalue weighted by Gasteiger charge is 2.34. The Kier molecular flexibility index (Phi) is 4.59. The van der Waals surface area contributed by atoms with Gasteiger partial charge in [-0.1, -0.05) is 18.2 Å². The molecule has 0 aliphatic carbocycles. The smallest absolute Gasteiger partial charge is 0.261 e. The van der Waals surface area contributed by atoms with Crippen LogP contribution in [0.1, 0.15) is 27.1 Å². The van der Waals surface area contributed by atoms with E-state index in [1.165, 1.54) is 17.0 Å². The minimum absolute atomic E-state index is 0.186. The minimum Gasteiger partial charge on any atom is -0.493 e. The molecule has 25 heavy (non-hydrogen) atoms. The highest BCUT2D eigenvalue weighted by molar-refractivity contribution is 7.90. The number of rotatable bonds is 6. The van der Waals surface area contributed by atoms with Crippen LogP contribution < -0.4 is 4.74 Å². The van der Waals surface area contributed by atoms with Gasteiger partial charge in [-0.3, -0.25) is 14.5 Å². The molecule has 0 aromatic heterocycles. The van der Waals surface area contributed by atoms with Crippen molar-refractivity contribution in [3.05, 3.63) is 59.7 Å². The first kappa shape index (κ1) is 17.2. The van der Waals surface area contributed by atoms with Crippen molar-refractivity contribution in [1.82, 2.24) is 4.90 Å². The van der Waals surface area contributed by atoms with E-state index < -0.39 is 9.84 Å². The summed E-state index contributed by atoms with van der Waals surface area (Å²) in [6.07, 6.45) is 1.59. The van der Waals surface area contributed by atoms with Crippen LogP contribution in [0.5, 0.6) is 5.75 Å². The Labute approximate surface area is 145 Å². The molecule has 2 amide bonds. The van der Waals surface area contributed by atoms with Crippen LogP contribution in [0.15, 0.2) is 53.4 Å². The third-order valence-corrected chi connectivity index (χ3v) is 5.02. The highest BCUT2D eigenvalue weighted by Crippen LogP contribution is 2.22. The number of sulfone groups is 1. The Morgan fingerprint density at radius 2 is 1.60 bits per heavy atom. The Morgan fingerprint density at radius 1 is 0.960 bits per heavy atom. The van der Waals surface area contributed by atoms with E-state index >= 15 is 0 Å². The number of hydrogen-bond acceptors (Lipinski definition) is 5. The predicted octanol–water partition coefficient (Wildman–Crippen LogP) is 2.16. The van der Waals surface area contributed by atoms with Crippen molar-refractivity contribution >= 4 is 21.7 Å². The molecule has 2 aromatic carbocycles. The largest absolute Gasteiger partial charge is 0.493 e. The lowest BCUT2D eigenvalue weighted by atomic mass is 10.1. The zero-order valence-electron chi connectivity index (χ0n) is 13.6. The van der Waals surface area contributed by atoms with Gasteiger partial charge in [0.2, 0.25) is 0 Å². The SMILES string of the molecule is CS(=O)(=O)c1cccc(OCCCN2C(=O)c3ccccc3C2=O)c1. The van der Waals surface area contributed by atoms with E-state index in [0.29, 0.717) is 23.3 Å². The monoisotopic (exact) mass is 359 g/mol. The van der Waals surface area contributed by atoms with Gasteiger partial charge in [-0.05, 0) is 36.8 Å². The summed E-state index contributed by atoms with van der Waals surface area (Å²) in [5.41, 5.74) is 0.851. The van der Waals surface area contributed by atoms with Crippen molar-refractivity contribution in [2.24, 2.45) is 0 Å². The fraction of sp³-hybridized carbons (Fsp3) is 0.222. The van der Waals surface area contributed by atoms with Crippen LogP contribution in [0.3, 0.4) is 0 Å². The van der Waals surface area contributed by atoms with Gasteiger partial charge in [0, 0.05) is 12.8 Å². The van der Waals surface area contributed by atoms with Gasteiger partial charge in [0.25, 0.3) is 11.8 Å². The van der Waals surface area contributed by atoms with Crippen molar-refractivity contribution < 1.29 is 22.7 Å². The Balaban J connectivity index is 1.57. The van der Waals surface area contributed by atoms with Crippen molar-refractivity contribution in [3.8, 4) is 5.75 Å². The van der Waals surface area contributed by atoms with Gasteiger partial charge in [-0.2, -0.15) is 0 Å². The van der Waals surface area contributed by atoms with Crippen molar-refractivity contribution in [1.29, 1.82) is 0 Å². The second kappa shape index (κ2) is 6.68. The lowest BCUT2D eigenvalue weighted by Gasteiger charge is -2.14. The Bertz CT molecular complexity index is 901. The number of nitrogens with zero attached hydrogens (tertiary/aromatic N) is 1. The highest BCUT2D eigenvalue weighted by atomic mass is 32.2. The van der Waals surface area contributed by atoms with Crippen LogP contribution in [-0.2, 0) is 9.84 Å². The summed E-state index contributed by atoms with van der Waals surface area (Å²) in [5, 5.41) is 0. The molecule has 0 N–H and O–H groups in total. The maximum absolute atomic E-state index is 12.2. The summed E-state index contributed by atoms with van der Waals surface area (Å²) >= 11 is 0. The maximum Gasteiger partial charge on any atom is 0.261 e. The molecule has 2 aromatic rings. The molecular weight excluding hydrogens is 342 g/mol. The molecule has 0 spiro atoms. The average molecular weight is 359 g/mol. The fourth-order valence-corrected chi connectivity index (χ4v) is 3.31. The molecule has 0 unspecified atom stereocenters. The molecule has 6 nitrogen and oxygen atoms in total. The van der Waals surface area contributed by atoms with E-state index in [2.05, 4.69) is 0 Å². The Morgan fingerprint density at radius 3 is 2.20 bits per heavy atom. The third-order valence-electron chi connectivity index (χ3n) is 3.91. The standard InChI is InChI=1S/C18H17NO5S/c1-25(22,23)14-7-4-6-13(12-14)24-11-5-10-19-17(20)15-8-2-3-9-16(15)18(19)21/h2-4,6-9,12H,5,10-11H2,1H3. The summed E-state index contributed by atoms with van der Waals surface area (Å²) in [5.74, 6) is -0.148. The second-order valence-corrected chi connectivity index (χ2v) is 7.77. The van der Waals surface area contributed by atoms with Gasteiger partial charge < -0.3 is 4.74 Å². The van der Waals surface area contributed by atoms with Crippen LogP contribution in [0.4, 0.5) is 0 Å². The van der Waals surface area contributed by atoms with Gasteiger partial charge in [-0.15, -0.1) is 0 Å². The number of amides is 2. The molecule has 7 heteroatoms. The number of ether oxygens (including phenoxy) is 1. The van der Waals surface area contributed by atoms with E-state index in [1.807, 2.05) is 0 Å². The number of benzene rings is 2. The maximum atomic E-state index is 12.2. The molecule has 1 heterocycles. The van der Waals surface area contributed by atoms with Gasteiger partial charge in [0.1, 0.15) is 5.75 Å². The quantitative estimate of drug-likeness (QED) is 0.583. The molecule has 0 fully saturated rings. The molecule has 1 aliphatic heterocycles. The molecule has 1 aliphatic rings. The Hall–Kier alpha value is -2.67. The van der Waals surface area contributed by atoms with E-state index in [4.69, 9.17) is 4.74 Å². The fourth-order valence-electron chi connectivity index (χ4n) is 2.65. The molecule has 0 bridgehead atoms. The lowest BCUT2D eigenvalue weighted by Crippen LogP contribution is -2.31. The first-order valence-electron chi connectivity index (χ1n) is 7.76.